The predicted octanol–water partition coefficient (Wildman–Crippen LogP) is 5.25. The molecule has 0 radical (unpaired) electrons. The minimum Gasteiger partial charge on any atom is -0.284 e. The van der Waals surface area contributed by atoms with Gasteiger partial charge in [0.15, 0.2) is 0 Å². The highest BCUT2D eigenvalue weighted by Crippen LogP contribution is 2.39. The lowest BCUT2D eigenvalue weighted by Crippen LogP contribution is -2.34. The zero-order valence-electron chi connectivity index (χ0n) is 13.5. The monoisotopic (exact) mass is 275 g/mol. The third-order valence-electron chi connectivity index (χ3n) is 3.57. The van der Waals surface area contributed by atoms with Gasteiger partial charge in [-0.3, -0.25) is 4.99 Å². The van der Waals surface area contributed by atoms with Gasteiger partial charge in [-0.1, -0.05) is 65.2 Å². The molecule has 1 nitrogen and oxygen atoms in total. The summed E-state index contributed by atoms with van der Waals surface area (Å²) in [5.41, 5.74) is 4.53. The molecule has 0 spiro atoms. The second kappa shape index (κ2) is 5.62. The first kappa shape index (κ1) is 16.2. The highest BCUT2D eigenvalue weighted by molar-refractivity contribution is 6.78. The first-order valence-corrected chi connectivity index (χ1v) is 10.7. The van der Waals surface area contributed by atoms with Gasteiger partial charge in [0, 0.05) is 6.54 Å². The van der Waals surface area contributed by atoms with Gasteiger partial charge in [0.05, 0.1) is 13.8 Å². The molecule has 0 aromatic carbocycles. The van der Waals surface area contributed by atoms with Crippen LogP contribution in [0.3, 0.4) is 0 Å². The fourth-order valence-corrected chi connectivity index (χ4v) is 4.48. The van der Waals surface area contributed by atoms with Crippen molar-refractivity contribution in [2.75, 3.05) is 6.54 Å². The van der Waals surface area contributed by atoms with Crippen molar-refractivity contribution in [2.24, 2.45) is 10.4 Å². The molecule has 106 valence electrons. The average molecular weight is 276 g/mol. The van der Waals surface area contributed by atoms with Crippen LogP contribution in [0, 0.1) is 5.41 Å². The molecule has 1 atom stereocenters. The Morgan fingerprint density at radius 3 is 2.42 bits per heavy atom. The number of hydrogen-bond acceptors (Lipinski definition) is 1. The van der Waals surface area contributed by atoms with Crippen LogP contribution in [-0.4, -0.2) is 20.3 Å². The summed E-state index contributed by atoms with van der Waals surface area (Å²) in [7, 11) is -1.22. The quantitative estimate of drug-likeness (QED) is 0.490. The van der Waals surface area contributed by atoms with E-state index in [1.165, 1.54) is 0 Å². The maximum atomic E-state index is 4.73. The first-order chi connectivity index (χ1) is 8.54. The Bertz CT molecular complexity index is 427. The van der Waals surface area contributed by atoms with E-state index >= 15 is 0 Å². The molecule has 0 amide bonds. The van der Waals surface area contributed by atoms with Crippen LogP contribution in [0.15, 0.2) is 41.4 Å². The number of rotatable bonds is 4. The van der Waals surface area contributed by atoms with E-state index in [4.69, 9.17) is 4.99 Å². The molecule has 1 heterocycles. The standard InChI is InChI=1S/C17H29NSi/c1-9-13(2)15-10-14(11-17(3,4)5)16(12-18-15)19(6,7)8/h9-10,16H,1-2,11-12H2,3-8H3. The van der Waals surface area contributed by atoms with Gasteiger partial charge < -0.3 is 0 Å². The molecule has 0 N–H and O–H groups in total. The number of nitrogens with zero attached hydrogens (tertiary/aromatic N) is 1. The molecule has 2 heteroatoms. The van der Waals surface area contributed by atoms with Crippen LogP contribution in [0.4, 0.5) is 0 Å². The molecule has 1 aliphatic rings. The van der Waals surface area contributed by atoms with Crippen LogP contribution in [0.25, 0.3) is 0 Å². The number of dihydropyridines is 1. The van der Waals surface area contributed by atoms with Crippen LogP contribution in [0.2, 0.25) is 25.2 Å². The van der Waals surface area contributed by atoms with Crippen LogP contribution < -0.4 is 0 Å². The molecule has 0 fully saturated rings. The number of hydrogen-bond donors (Lipinski definition) is 0. The van der Waals surface area contributed by atoms with Gasteiger partial charge in [0.25, 0.3) is 0 Å². The van der Waals surface area contributed by atoms with E-state index in [-0.39, 0.29) is 0 Å². The Hall–Kier alpha value is -0.893. The fraction of sp³-hybridized carbons (Fsp3) is 0.588. The third kappa shape index (κ3) is 4.61. The van der Waals surface area contributed by atoms with E-state index in [9.17, 15) is 0 Å². The van der Waals surface area contributed by atoms with E-state index in [1.54, 1.807) is 11.6 Å². The van der Waals surface area contributed by atoms with Gasteiger partial charge in [-0.25, -0.2) is 0 Å². The van der Waals surface area contributed by atoms with Crippen molar-refractivity contribution in [3.63, 3.8) is 0 Å². The Morgan fingerprint density at radius 1 is 1.42 bits per heavy atom. The summed E-state index contributed by atoms with van der Waals surface area (Å²) in [6.45, 7) is 23.0. The Kier molecular flexibility index (Phi) is 4.78. The molecule has 1 rings (SSSR count). The molecule has 0 saturated heterocycles. The summed E-state index contributed by atoms with van der Waals surface area (Å²) in [5, 5.41) is 0. The third-order valence-corrected chi connectivity index (χ3v) is 6.21. The van der Waals surface area contributed by atoms with Crippen molar-refractivity contribution in [3.8, 4) is 0 Å². The van der Waals surface area contributed by atoms with Gasteiger partial charge in [-0.15, -0.1) is 0 Å². The Labute approximate surface area is 120 Å². The summed E-state index contributed by atoms with van der Waals surface area (Å²) in [5.74, 6) is 0. The van der Waals surface area contributed by atoms with Crippen LogP contribution in [0.5, 0.6) is 0 Å². The minimum atomic E-state index is -1.22. The number of allylic oxidation sites excluding steroid dienone is 3. The molecule has 0 aliphatic carbocycles. The Balaban J connectivity index is 3.10. The minimum absolute atomic E-state index is 0.321. The maximum Gasteiger partial charge on any atom is 0.0640 e. The van der Waals surface area contributed by atoms with Crippen molar-refractivity contribution >= 4 is 13.8 Å². The molecule has 1 aliphatic heterocycles. The highest BCUT2D eigenvalue weighted by atomic mass is 28.3. The Morgan fingerprint density at radius 2 is 2.00 bits per heavy atom. The van der Waals surface area contributed by atoms with E-state index < -0.39 is 8.07 Å². The molecular weight excluding hydrogens is 246 g/mol. The molecule has 1 unspecified atom stereocenters. The molecule has 0 aromatic heterocycles. The number of aliphatic imine (C=N–C) groups is 1. The van der Waals surface area contributed by atoms with Gasteiger partial charge in [0.1, 0.15) is 0 Å². The van der Waals surface area contributed by atoms with Gasteiger partial charge in [-0.2, -0.15) is 0 Å². The topological polar surface area (TPSA) is 12.4 Å². The van der Waals surface area contributed by atoms with E-state index in [0.717, 1.165) is 24.3 Å². The molecular formula is C17H29NSi. The van der Waals surface area contributed by atoms with Crippen molar-refractivity contribution < 1.29 is 0 Å². The molecule has 19 heavy (non-hydrogen) atoms. The second-order valence-corrected chi connectivity index (χ2v) is 13.3. The lowest BCUT2D eigenvalue weighted by atomic mass is 9.85. The first-order valence-electron chi connectivity index (χ1n) is 7.11. The van der Waals surface area contributed by atoms with E-state index in [1.807, 2.05) is 0 Å². The van der Waals surface area contributed by atoms with Crippen LogP contribution in [0.1, 0.15) is 27.2 Å². The van der Waals surface area contributed by atoms with Gasteiger partial charge >= 0.3 is 0 Å². The lowest BCUT2D eigenvalue weighted by molar-refractivity contribution is 0.403. The maximum absolute atomic E-state index is 4.73. The summed E-state index contributed by atoms with van der Waals surface area (Å²) in [4.78, 5) is 4.73. The molecule has 0 saturated carbocycles. The van der Waals surface area contributed by atoms with Crippen LogP contribution in [-0.2, 0) is 0 Å². The van der Waals surface area contributed by atoms with Crippen LogP contribution >= 0.6 is 0 Å². The van der Waals surface area contributed by atoms with Gasteiger partial charge in [0.2, 0.25) is 0 Å². The smallest absolute Gasteiger partial charge is 0.0640 e. The van der Waals surface area contributed by atoms with Crippen molar-refractivity contribution in [1.82, 2.24) is 0 Å². The summed E-state index contributed by atoms with van der Waals surface area (Å²) < 4.78 is 0. The van der Waals surface area contributed by atoms with Crippen molar-refractivity contribution in [1.29, 1.82) is 0 Å². The largest absolute Gasteiger partial charge is 0.284 e. The summed E-state index contributed by atoms with van der Waals surface area (Å²) in [6, 6.07) is 0. The van der Waals surface area contributed by atoms with Crippen molar-refractivity contribution in [3.05, 3.63) is 36.5 Å². The summed E-state index contributed by atoms with van der Waals surface area (Å²) in [6.07, 6.45) is 5.23. The highest BCUT2D eigenvalue weighted by Gasteiger charge is 2.33. The zero-order valence-corrected chi connectivity index (χ0v) is 14.5. The van der Waals surface area contributed by atoms with E-state index in [0.29, 0.717) is 11.0 Å². The normalized spacial score (nSPS) is 20.6. The fourth-order valence-electron chi connectivity index (χ4n) is 2.54. The second-order valence-electron chi connectivity index (χ2n) is 7.83. The zero-order chi connectivity index (χ0) is 14.8. The summed E-state index contributed by atoms with van der Waals surface area (Å²) >= 11 is 0. The predicted molar refractivity (Wildman–Crippen MR) is 90.9 cm³/mol. The molecule has 0 bridgehead atoms. The van der Waals surface area contributed by atoms with Gasteiger partial charge in [-0.05, 0) is 29.0 Å². The average Bonchev–Trinajstić information content (AvgIpc) is 2.24. The molecule has 0 aromatic rings. The van der Waals surface area contributed by atoms with Crippen molar-refractivity contribution in [2.45, 2.75) is 52.4 Å². The SMILES string of the molecule is C=CC(=C)C1=NCC([Si](C)(C)C)C(CC(C)(C)C)=C1. The van der Waals surface area contributed by atoms with E-state index in [2.05, 4.69) is 59.6 Å². The lowest BCUT2D eigenvalue weighted by Gasteiger charge is -2.35.